The molecule has 4 aliphatic rings. The molecule has 78 heavy (non-hydrogen) atoms. The Kier molecular flexibility index (Phi) is 21.3. The van der Waals surface area contributed by atoms with E-state index in [0.29, 0.717) is 69.6 Å². The van der Waals surface area contributed by atoms with E-state index in [1.54, 1.807) is 45.4 Å². The molecule has 5 N–H and O–H groups in total. The summed E-state index contributed by atoms with van der Waals surface area (Å²) in [6, 6.07) is 2.92. The Balaban J connectivity index is 1.16. The third-order valence-electron chi connectivity index (χ3n) is 17.3. The summed E-state index contributed by atoms with van der Waals surface area (Å²) in [5.41, 5.74) is -3.61. The van der Waals surface area contributed by atoms with Crippen LogP contribution < -0.4 is 5.43 Å². The van der Waals surface area contributed by atoms with Gasteiger partial charge in [0.25, 0.3) is 0 Å². The van der Waals surface area contributed by atoms with Crippen LogP contribution in [0.25, 0.3) is 10.9 Å². The van der Waals surface area contributed by atoms with Gasteiger partial charge < -0.3 is 82.5 Å². The van der Waals surface area contributed by atoms with Crippen LogP contribution in [-0.2, 0) is 66.2 Å². The number of pyridine rings is 1. The third kappa shape index (κ3) is 14.2. The van der Waals surface area contributed by atoms with Crippen LogP contribution in [-0.4, -0.2) is 197 Å². The first-order chi connectivity index (χ1) is 36.4. The van der Waals surface area contributed by atoms with E-state index in [1.807, 2.05) is 85.5 Å². The molecule has 0 saturated carbocycles. The van der Waals surface area contributed by atoms with Crippen molar-refractivity contribution >= 4 is 22.8 Å². The zero-order valence-electron chi connectivity index (χ0n) is 49.4. The molecule has 20 nitrogen and oxygen atoms in total. The number of carboxylic acid groups (broad SMARTS) is 1. The summed E-state index contributed by atoms with van der Waals surface area (Å²) in [7, 11) is 7.22. The fraction of sp³-hybridized carbons (Fsp3) is 0.810. The number of aromatic carboxylic acids is 1. The molecule has 1 aromatic carbocycles. The van der Waals surface area contributed by atoms with Crippen molar-refractivity contribution in [2.24, 2.45) is 17.8 Å². The maximum atomic E-state index is 14.6. The Morgan fingerprint density at radius 1 is 0.910 bits per heavy atom. The number of aromatic nitrogens is 1. The number of hydrogen-bond acceptors (Lipinski definition) is 18. The molecule has 0 spiro atoms. The van der Waals surface area contributed by atoms with Crippen molar-refractivity contribution < 1.29 is 77.8 Å². The molecule has 0 bridgehead atoms. The van der Waals surface area contributed by atoms with E-state index >= 15 is 0 Å². The normalized spacial score (nSPS) is 38.4. The fourth-order valence-electron chi connectivity index (χ4n) is 12.7. The molecule has 0 aliphatic carbocycles. The van der Waals surface area contributed by atoms with Gasteiger partial charge in [0.2, 0.25) is 5.43 Å². The average molecular weight is 1110 g/mol. The molecule has 2 aromatic rings. The van der Waals surface area contributed by atoms with Gasteiger partial charge in [-0.1, -0.05) is 26.8 Å². The highest BCUT2D eigenvalue weighted by Crippen LogP contribution is 2.41. The summed E-state index contributed by atoms with van der Waals surface area (Å²) in [5.74, 6) is -4.00. The lowest BCUT2D eigenvalue weighted by molar-refractivity contribution is -0.320. The minimum atomic E-state index is -1.84. The molecular weight excluding hydrogens is 1010 g/mol. The first-order valence-corrected chi connectivity index (χ1v) is 28.2. The average Bonchev–Trinajstić information content (AvgIpc) is 3.36. The fourth-order valence-corrected chi connectivity index (χ4v) is 12.7. The zero-order chi connectivity index (χ0) is 58.0. The Morgan fingerprint density at radius 2 is 1.59 bits per heavy atom. The zero-order valence-corrected chi connectivity index (χ0v) is 49.4. The topological polar surface area (TPSA) is 247 Å². The molecule has 0 radical (unpaired) electrons. The van der Waals surface area contributed by atoms with Gasteiger partial charge in [0.1, 0.15) is 41.3 Å². The lowest BCUT2D eigenvalue weighted by atomic mass is 9.77. The number of benzene rings is 1. The number of carboxylic acids is 1. The second kappa shape index (κ2) is 25.9. The number of aliphatic hydroxyl groups excluding tert-OH is 2. The van der Waals surface area contributed by atoms with E-state index < -0.39 is 113 Å². The van der Waals surface area contributed by atoms with Crippen LogP contribution in [0.4, 0.5) is 0 Å². The Morgan fingerprint density at radius 3 is 2.23 bits per heavy atom. The molecule has 20 heteroatoms. The molecule has 444 valence electrons. The molecule has 3 saturated heterocycles. The van der Waals surface area contributed by atoms with Gasteiger partial charge in [-0.25, -0.2) is 4.79 Å². The highest BCUT2D eigenvalue weighted by molar-refractivity contribution is 5.94. The van der Waals surface area contributed by atoms with E-state index in [1.165, 1.54) is 13.1 Å². The second-order valence-electron chi connectivity index (χ2n) is 24.5. The number of nitrogens with zero attached hydrogens (tertiary/aromatic N) is 3. The second-order valence-corrected chi connectivity index (χ2v) is 24.5. The molecule has 6 rings (SSSR count). The number of likely N-dealkylation sites (N-methyl/N-ethyl adjacent to an activating group) is 2. The van der Waals surface area contributed by atoms with Gasteiger partial charge in [0, 0.05) is 75.0 Å². The summed E-state index contributed by atoms with van der Waals surface area (Å²) in [6.45, 7) is 23.6. The third-order valence-corrected chi connectivity index (χ3v) is 17.3. The molecule has 4 aliphatic heterocycles. The number of aliphatic hydroxyl groups is 4. The van der Waals surface area contributed by atoms with E-state index in [9.17, 15) is 39.9 Å². The van der Waals surface area contributed by atoms with Crippen LogP contribution in [0.3, 0.4) is 0 Å². The van der Waals surface area contributed by atoms with E-state index in [2.05, 4.69) is 0 Å². The Labute approximate surface area is 461 Å². The van der Waals surface area contributed by atoms with Crippen molar-refractivity contribution in [3.63, 3.8) is 0 Å². The summed E-state index contributed by atoms with van der Waals surface area (Å²) < 4.78 is 59.4. The van der Waals surface area contributed by atoms with E-state index in [-0.39, 0.29) is 42.9 Å². The van der Waals surface area contributed by atoms with E-state index in [4.69, 9.17) is 42.6 Å². The molecule has 3 fully saturated rings. The SMILES string of the molecule is CC[C@H]1OC(=O)[C@H](C)[C@@H](O[C@H]2C[C@@](C)(OC)[C@@H](OCCCOCCCc3cc4c5c(c3)c(=O)c(C(=O)O)cn5C(C)(C)OC4)[C@H](C)O2)[C@H](C)[C@@H](O[C@@H]2O[C@H](C)C[C@H](N(C)C)[C@H]2O)[C@](C)(O)C[C@@H](C)CN(C)[C@H](C)[C@@H](O)[C@]1(C)O. The van der Waals surface area contributed by atoms with Gasteiger partial charge in [0.15, 0.2) is 12.6 Å². The van der Waals surface area contributed by atoms with Crippen molar-refractivity contribution in [3.05, 3.63) is 45.2 Å². The first kappa shape index (κ1) is 64.0. The summed E-state index contributed by atoms with van der Waals surface area (Å²) >= 11 is 0. The largest absolute Gasteiger partial charge is 0.477 e. The molecular formula is C58H95N3O17. The quantitative estimate of drug-likeness (QED) is 0.101. The predicted molar refractivity (Wildman–Crippen MR) is 291 cm³/mol. The summed E-state index contributed by atoms with van der Waals surface area (Å²) in [5, 5.41) is 58.3. The lowest BCUT2D eigenvalue weighted by Gasteiger charge is -2.49. The van der Waals surface area contributed by atoms with Crippen LogP contribution in [0.1, 0.15) is 143 Å². The van der Waals surface area contributed by atoms with Crippen LogP contribution in [0, 0.1) is 17.8 Å². The van der Waals surface area contributed by atoms with Crippen LogP contribution in [0.5, 0.6) is 0 Å². The highest BCUT2D eigenvalue weighted by Gasteiger charge is 2.53. The van der Waals surface area contributed by atoms with Crippen molar-refractivity contribution in [1.29, 1.82) is 0 Å². The van der Waals surface area contributed by atoms with Crippen molar-refractivity contribution in [1.82, 2.24) is 14.4 Å². The molecule has 0 amide bonds. The number of rotatable bonds is 17. The maximum Gasteiger partial charge on any atom is 0.341 e. The lowest BCUT2D eigenvalue weighted by Crippen LogP contribution is -2.61. The smallest absolute Gasteiger partial charge is 0.341 e. The van der Waals surface area contributed by atoms with Crippen molar-refractivity contribution in [3.8, 4) is 0 Å². The van der Waals surface area contributed by atoms with Gasteiger partial charge in [-0.15, -0.1) is 0 Å². The molecule has 18 atom stereocenters. The predicted octanol–water partition coefficient (Wildman–Crippen LogP) is 5.20. The van der Waals surface area contributed by atoms with E-state index in [0.717, 1.165) is 11.1 Å². The van der Waals surface area contributed by atoms with Gasteiger partial charge in [0.05, 0.1) is 53.7 Å². The van der Waals surface area contributed by atoms with Gasteiger partial charge in [-0.3, -0.25) is 9.59 Å². The Bertz CT molecular complexity index is 2400. The van der Waals surface area contributed by atoms with Gasteiger partial charge in [-0.05, 0) is 140 Å². The number of ether oxygens (including phenoxy) is 9. The maximum absolute atomic E-state index is 14.6. The van der Waals surface area contributed by atoms with Crippen LogP contribution in [0.15, 0.2) is 23.1 Å². The standard InChI is InChI=1S/C58H95N3O17/c1-17-43-58(12,69)49(64)36(6)60(15)29-32(2)27-56(10,68)50(78-54-47(63)42(59(13)14)24-33(3)74-54)34(4)48(35(5)53(67)76-43)77-44-28-57(11,70-16)51(37(7)75-44)72-23-19-22-71-21-18-20-38-25-39-31-73-55(8,9)61-30-41(52(65)66)46(62)40(26-38)45(39)61/h25-26,30,32-37,42-44,47-51,54,63-64,68-69H,17-24,27-29,31H2,1-16H3,(H,65,66)/t32-,33-,34+,35-,36-,37+,42+,43-,44+,47-,48+,49-,50-,51+,54+,56-,57-,58-/m1/s1. The minimum Gasteiger partial charge on any atom is -0.477 e. The number of esters is 1. The number of cyclic esters (lactones) is 1. The number of carbonyl (C=O) groups excluding carboxylic acids is 1. The Hall–Kier alpha value is -3.19. The number of methoxy groups -OCH3 is 1. The summed E-state index contributed by atoms with van der Waals surface area (Å²) in [6.07, 6.45) is -4.80. The minimum absolute atomic E-state index is 0.178. The van der Waals surface area contributed by atoms with Crippen molar-refractivity contribution in [2.75, 3.05) is 54.6 Å². The van der Waals surface area contributed by atoms with Crippen molar-refractivity contribution in [2.45, 2.75) is 231 Å². The molecule has 0 unspecified atom stereocenters. The van der Waals surface area contributed by atoms with Crippen LogP contribution in [0.2, 0.25) is 0 Å². The monoisotopic (exact) mass is 1110 g/mol. The molecule has 5 heterocycles. The number of hydrogen-bond donors (Lipinski definition) is 5. The summed E-state index contributed by atoms with van der Waals surface area (Å²) in [4.78, 5) is 43.8. The highest BCUT2D eigenvalue weighted by atomic mass is 16.7. The van der Waals surface area contributed by atoms with Crippen LogP contribution >= 0.6 is 0 Å². The van der Waals surface area contributed by atoms with Gasteiger partial charge in [-0.2, -0.15) is 0 Å². The first-order valence-electron chi connectivity index (χ1n) is 28.2. The number of aryl methyl sites for hydroxylation is 1. The number of carbonyl (C=O) groups is 2. The molecule has 1 aromatic heterocycles. The van der Waals surface area contributed by atoms with Gasteiger partial charge >= 0.3 is 11.9 Å².